The van der Waals surface area contributed by atoms with Crippen molar-refractivity contribution < 1.29 is 9.90 Å². The third-order valence-electron chi connectivity index (χ3n) is 3.46. The molecule has 0 spiro atoms. The van der Waals surface area contributed by atoms with E-state index in [1.54, 1.807) is 26.0 Å². The number of nitrogens with zero attached hydrogens (tertiary/aromatic N) is 3. The van der Waals surface area contributed by atoms with Crippen LogP contribution < -0.4 is 5.84 Å². The number of hydrogen-bond acceptors (Lipinski definition) is 5. The molecule has 0 atom stereocenters. The largest absolute Gasteiger partial charge is 0.394 e. The van der Waals surface area contributed by atoms with E-state index in [1.807, 2.05) is 12.1 Å². The van der Waals surface area contributed by atoms with Crippen LogP contribution in [0, 0.1) is 13.8 Å². The molecule has 0 aliphatic carbocycles. The molecule has 1 aromatic heterocycles. The van der Waals surface area contributed by atoms with Gasteiger partial charge in [-0.25, -0.2) is 0 Å². The highest BCUT2D eigenvalue weighted by molar-refractivity contribution is 9.10. The first kappa shape index (κ1) is 18.0. The highest BCUT2D eigenvalue weighted by atomic mass is 79.9. The van der Waals surface area contributed by atoms with Gasteiger partial charge in [-0.2, -0.15) is 10.2 Å². The van der Waals surface area contributed by atoms with Crippen molar-refractivity contribution in [1.82, 2.24) is 4.98 Å². The van der Waals surface area contributed by atoms with Crippen molar-refractivity contribution in [1.29, 1.82) is 0 Å². The van der Waals surface area contributed by atoms with Crippen molar-refractivity contribution >= 4 is 27.5 Å². The molecule has 4 N–H and O–H groups in total. The number of nitrogens with one attached hydrogen (secondary N) is 1. The Bertz CT molecular complexity index is 811. The molecule has 8 heteroatoms. The maximum atomic E-state index is 12.8. The molecule has 24 heavy (non-hydrogen) atoms. The van der Waals surface area contributed by atoms with Crippen LogP contribution in [0.1, 0.15) is 32.9 Å². The quantitative estimate of drug-likeness (QED) is 0.181. The molecule has 0 amide bonds. The smallest absolute Gasteiger partial charge is 0.216 e. The van der Waals surface area contributed by atoms with E-state index in [0.29, 0.717) is 28.1 Å². The fraction of sp³-hybridized carbons (Fsp3) is 0.250. The van der Waals surface area contributed by atoms with Crippen LogP contribution in [-0.4, -0.2) is 34.9 Å². The van der Waals surface area contributed by atoms with Gasteiger partial charge in [0.1, 0.15) is 0 Å². The van der Waals surface area contributed by atoms with Gasteiger partial charge in [0.2, 0.25) is 5.84 Å². The highest BCUT2D eigenvalue weighted by Crippen LogP contribution is 2.23. The van der Waals surface area contributed by atoms with Crippen molar-refractivity contribution in [3.8, 4) is 0 Å². The van der Waals surface area contributed by atoms with Crippen LogP contribution in [-0.2, 0) is 0 Å². The molecule has 1 aromatic carbocycles. The number of halogens is 1. The van der Waals surface area contributed by atoms with Crippen LogP contribution in [0.4, 0.5) is 0 Å². The number of rotatable bonds is 5. The number of aromatic nitrogens is 1. The van der Waals surface area contributed by atoms with Crippen LogP contribution in [0.15, 0.2) is 44.1 Å². The molecule has 7 nitrogen and oxygen atoms in total. The second kappa shape index (κ2) is 7.98. The van der Waals surface area contributed by atoms with E-state index in [0.717, 1.165) is 4.47 Å². The predicted molar refractivity (Wildman–Crippen MR) is 95.4 cm³/mol. The minimum Gasteiger partial charge on any atom is -0.394 e. The number of carbonyl (C=O) groups excluding carboxylic acids is 1. The van der Waals surface area contributed by atoms with Gasteiger partial charge in [0.05, 0.1) is 18.8 Å². The third-order valence-corrected chi connectivity index (χ3v) is 3.96. The highest BCUT2D eigenvalue weighted by Gasteiger charge is 2.22. The van der Waals surface area contributed by atoms with Gasteiger partial charge in [-0.3, -0.25) is 4.79 Å². The number of aliphatic hydroxyl groups is 1. The van der Waals surface area contributed by atoms with Gasteiger partial charge in [0.25, 0.3) is 0 Å². The minimum absolute atomic E-state index is 0.0996. The zero-order chi connectivity index (χ0) is 17.7. The number of aryl methyl sites for hydroxylation is 1. The Kier molecular flexibility index (Phi) is 5.99. The van der Waals surface area contributed by atoms with E-state index < -0.39 is 0 Å². The third kappa shape index (κ3) is 3.77. The number of aliphatic hydroxyl groups excluding tert-OH is 1. The number of H-pyrrole nitrogens is 1. The summed E-state index contributed by atoms with van der Waals surface area (Å²) in [6.07, 6.45) is 0. The standard InChI is InChI=1S/C16H18BrN5O2/c1-9-13(15(24)11-4-3-5-12(17)8-11)10(2)20-14(9)16(21-18)22-19-6-7-23/h3-5,8,20,23H,6-7,18H2,1-2H3. The van der Waals surface area contributed by atoms with Crippen LogP contribution in [0.25, 0.3) is 0 Å². The summed E-state index contributed by atoms with van der Waals surface area (Å²) in [5.41, 5.74) is 3.07. The molecule has 2 rings (SSSR count). The number of aromatic amines is 1. The average molecular weight is 392 g/mol. The molecule has 1 heterocycles. The summed E-state index contributed by atoms with van der Waals surface area (Å²) in [4.78, 5) is 15.9. The maximum Gasteiger partial charge on any atom is 0.216 e. The number of azo groups is 1. The lowest BCUT2D eigenvalue weighted by molar-refractivity contribution is 0.103. The fourth-order valence-corrected chi connectivity index (χ4v) is 2.79. The van der Waals surface area contributed by atoms with Crippen LogP contribution in [0.3, 0.4) is 0 Å². The SMILES string of the molecule is Cc1[nH]c(C(N=NCCO)=NN)c(C)c1C(=O)c1cccc(Br)c1. The maximum absolute atomic E-state index is 12.8. The first-order chi connectivity index (χ1) is 11.5. The van der Waals surface area contributed by atoms with Gasteiger partial charge in [-0.05, 0) is 31.5 Å². The van der Waals surface area contributed by atoms with Gasteiger partial charge in [0, 0.05) is 21.3 Å². The number of amidine groups is 1. The lowest BCUT2D eigenvalue weighted by atomic mass is 9.99. The summed E-state index contributed by atoms with van der Waals surface area (Å²) in [6, 6.07) is 7.20. The van der Waals surface area contributed by atoms with Crippen LogP contribution in [0.5, 0.6) is 0 Å². The summed E-state index contributed by atoms with van der Waals surface area (Å²) in [5.74, 6) is 5.46. The lowest BCUT2D eigenvalue weighted by Crippen LogP contribution is -2.06. The summed E-state index contributed by atoms with van der Waals surface area (Å²) < 4.78 is 0.835. The van der Waals surface area contributed by atoms with Crippen molar-refractivity contribution in [2.45, 2.75) is 13.8 Å². The van der Waals surface area contributed by atoms with Crippen molar-refractivity contribution in [3.63, 3.8) is 0 Å². The zero-order valence-corrected chi connectivity index (χ0v) is 15.0. The summed E-state index contributed by atoms with van der Waals surface area (Å²) in [6.45, 7) is 3.65. The number of carbonyl (C=O) groups is 1. The summed E-state index contributed by atoms with van der Waals surface area (Å²) >= 11 is 3.37. The minimum atomic E-state index is -0.114. The molecule has 0 radical (unpaired) electrons. The monoisotopic (exact) mass is 391 g/mol. The van der Waals surface area contributed by atoms with Gasteiger partial charge in [0.15, 0.2) is 5.78 Å². The Hall–Kier alpha value is -2.32. The Morgan fingerprint density at radius 1 is 1.38 bits per heavy atom. The summed E-state index contributed by atoms with van der Waals surface area (Å²) in [5, 5.41) is 20.1. The second-order valence-corrected chi connectivity index (χ2v) is 6.02. The number of hydrazone groups is 1. The average Bonchev–Trinajstić information content (AvgIpc) is 2.85. The fourth-order valence-electron chi connectivity index (χ4n) is 2.39. The van der Waals surface area contributed by atoms with E-state index >= 15 is 0 Å². The molecule has 0 saturated carbocycles. The van der Waals surface area contributed by atoms with Crippen molar-refractivity contribution in [2.24, 2.45) is 21.2 Å². The van der Waals surface area contributed by atoms with Gasteiger partial charge in [-0.1, -0.05) is 28.1 Å². The van der Waals surface area contributed by atoms with E-state index in [4.69, 9.17) is 10.9 Å². The number of ketones is 1. The number of hydrogen-bond donors (Lipinski definition) is 3. The van der Waals surface area contributed by atoms with Gasteiger partial charge < -0.3 is 15.9 Å². The van der Waals surface area contributed by atoms with Crippen molar-refractivity contribution in [3.05, 3.63) is 56.8 Å². The molecule has 2 aromatic rings. The number of benzene rings is 1. The Morgan fingerprint density at radius 3 is 2.75 bits per heavy atom. The van der Waals surface area contributed by atoms with Crippen LogP contribution >= 0.6 is 15.9 Å². The second-order valence-electron chi connectivity index (χ2n) is 5.11. The molecule has 0 unspecified atom stereocenters. The normalized spacial score (nSPS) is 12.1. The Labute approximate surface area is 147 Å². The molecule has 0 bridgehead atoms. The van der Waals surface area contributed by atoms with E-state index in [1.165, 1.54) is 0 Å². The first-order valence-electron chi connectivity index (χ1n) is 7.25. The molecule has 0 aliphatic rings. The molecule has 126 valence electrons. The Balaban J connectivity index is 2.44. The molecule has 0 aliphatic heterocycles. The first-order valence-corrected chi connectivity index (χ1v) is 8.05. The topological polar surface area (TPSA) is 116 Å². The van der Waals surface area contributed by atoms with Crippen LogP contribution in [0.2, 0.25) is 0 Å². The van der Waals surface area contributed by atoms with E-state index in [9.17, 15) is 4.79 Å². The van der Waals surface area contributed by atoms with Gasteiger partial charge in [-0.15, -0.1) is 5.11 Å². The Morgan fingerprint density at radius 2 is 2.12 bits per heavy atom. The zero-order valence-electron chi connectivity index (χ0n) is 13.4. The van der Waals surface area contributed by atoms with Crippen molar-refractivity contribution in [2.75, 3.05) is 13.2 Å². The predicted octanol–water partition coefficient (Wildman–Crippen LogP) is 2.69. The van der Waals surface area contributed by atoms with E-state index in [-0.39, 0.29) is 24.8 Å². The van der Waals surface area contributed by atoms with E-state index in [2.05, 4.69) is 36.2 Å². The molecular weight excluding hydrogens is 374 g/mol. The summed E-state index contributed by atoms with van der Waals surface area (Å²) in [7, 11) is 0. The lowest BCUT2D eigenvalue weighted by Gasteiger charge is -2.03. The number of nitrogens with two attached hydrogens (primary N) is 1. The molecular formula is C16H18BrN5O2. The van der Waals surface area contributed by atoms with Gasteiger partial charge >= 0.3 is 0 Å². The molecule has 0 fully saturated rings. The molecule has 0 saturated heterocycles.